The van der Waals surface area contributed by atoms with Crippen LogP contribution < -0.4 is 4.74 Å². The van der Waals surface area contributed by atoms with Crippen molar-refractivity contribution in [2.24, 2.45) is 5.16 Å². The fourth-order valence-electron chi connectivity index (χ4n) is 2.25. The Morgan fingerprint density at radius 1 is 1.26 bits per heavy atom. The summed E-state index contributed by atoms with van der Waals surface area (Å²) >= 11 is 11.3. The van der Waals surface area contributed by atoms with Gasteiger partial charge in [0.05, 0.1) is 0 Å². The van der Waals surface area contributed by atoms with Gasteiger partial charge in [0.15, 0.2) is 5.71 Å². The van der Waals surface area contributed by atoms with Crippen molar-refractivity contribution >= 4 is 41.0 Å². The van der Waals surface area contributed by atoms with Gasteiger partial charge in [-0.05, 0) is 36.8 Å². The maximum Gasteiger partial charge on any atom is 0.358 e. The Bertz CT molecular complexity index is 880. The van der Waals surface area contributed by atoms with E-state index in [4.69, 9.17) is 32.8 Å². The Morgan fingerprint density at radius 3 is 2.67 bits per heavy atom. The SMILES string of the molecule is CCO/N=C(/C(=O)O)c1ccccc1COc1ccc(F)cc1C=C(Cl)Cl. The molecule has 142 valence electrons. The highest BCUT2D eigenvalue weighted by molar-refractivity contribution is 6.57. The van der Waals surface area contributed by atoms with Crippen LogP contribution in [0, 0.1) is 5.82 Å². The van der Waals surface area contributed by atoms with Crippen LogP contribution >= 0.6 is 23.2 Å². The van der Waals surface area contributed by atoms with E-state index in [1.54, 1.807) is 31.2 Å². The Balaban J connectivity index is 2.33. The predicted octanol–water partition coefficient (Wildman–Crippen LogP) is 5.01. The zero-order chi connectivity index (χ0) is 19.8. The molecule has 0 saturated heterocycles. The van der Waals surface area contributed by atoms with Gasteiger partial charge in [-0.25, -0.2) is 9.18 Å². The molecule has 0 heterocycles. The monoisotopic (exact) mass is 411 g/mol. The molecule has 0 aromatic heterocycles. The molecule has 0 saturated carbocycles. The van der Waals surface area contributed by atoms with Gasteiger partial charge < -0.3 is 14.7 Å². The molecule has 1 N–H and O–H groups in total. The van der Waals surface area contributed by atoms with Gasteiger partial charge in [0.1, 0.15) is 29.3 Å². The highest BCUT2D eigenvalue weighted by Gasteiger charge is 2.18. The average molecular weight is 412 g/mol. The van der Waals surface area contributed by atoms with Crippen LogP contribution in [0.4, 0.5) is 4.39 Å². The number of carboxylic acid groups (broad SMARTS) is 1. The number of nitrogens with zero attached hydrogens (tertiary/aromatic N) is 1. The number of ether oxygens (including phenoxy) is 1. The van der Waals surface area contributed by atoms with E-state index < -0.39 is 11.8 Å². The summed E-state index contributed by atoms with van der Waals surface area (Å²) in [6, 6.07) is 10.6. The Morgan fingerprint density at radius 2 is 2.00 bits per heavy atom. The number of halogens is 3. The first-order chi connectivity index (χ1) is 12.9. The summed E-state index contributed by atoms with van der Waals surface area (Å²) in [5.74, 6) is -1.36. The van der Waals surface area contributed by atoms with E-state index >= 15 is 0 Å². The zero-order valence-electron chi connectivity index (χ0n) is 14.3. The second-order valence-electron chi connectivity index (χ2n) is 5.22. The first kappa shape index (κ1) is 20.7. The van der Waals surface area contributed by atoms with E-state index in [9.17, 15) is 14.3 Å². The number of hydrogen-bond acceptors (Lipinski definition) is 4. The second-order valence-corrected chi connectivity index (χ2v) is 6.23. The van der Waals surface area contributed by atoms with Crippen LogP contribution in [0.15, 0.2) is 52.1 Å². The summed E-state index contributed by atoms with van der Waals surface area (Å²) in [5.41, 5.74) is 1.04. The molecule has 8 heteroatoms. The molecule has 0 aliphatic rings. The largest absolute Gasteiger partial charge is 0.488 e. The molecular formula is C19H16Cl2FNO4. The highest BCUT2D eigenvalue weighted by Crippen LogP contribution is 2.26. The van der Waals surface area contributed by atoms with E-state index in [-0.39, 0.29) is 23.4 Å². The van der Waals surface area contributed by atoms with Crippen molar-refractivity contribution in [1.29, 1.82) is 0 Å². The minimum Gasteiger partial charge on any atom is -0.488 e. The topological polar surface area (TPSA) is 68.1 Å². The van der Waals surface area contributed by atoms with Gasteiger partial charge in [-0.15, -0.1) is 0 Å². The van der Waals surface area contributed by atoms with Gasteiger partial charge in [-0.1, -0.05) is 52.6 Å². The fourth-order valence-corrected chi connectivity index (χ4v) is 2.48. The summed E-state index contributed by atoms with van der Waals surface area (Å²) in [4.78, 5) is 16.4. The van der Waals surface area contributed by atoms with Crippen molar-refractivity contribution in [2.75, 3.05) is 6.61 Å². The molecule has 0 amide bonds. The van der Waals surface area contributed by atoms with Crippen molar-refractivity contribution in [3.63, 3.8) is 0 Å². The number of oxime groups is 1. The molecule has 0 radical (unpaired) electrons. The minimum absolute atomic E-state index is 0.0149. The summed E-state index contributed by atoms with van der Waals surface area (Å²) in [5, 5.41) is 13.1. The maximum absolute atomic E-state index is 13.5. The summed E-state index contributed by atoms with van der Waals surface area (Å²) < 4.78 is 19.2. The standard InChI is InChI=1S/C19H16Cl2FNO4/c1-2-27-23-18(19(24)25)15-6-4-3-5-12(15)11-26-16-8-7-14(22)9-13(16)10-17(20)21/h3-10H,2,11H2,1H3,(H,24,25)/b23-18+. The van der Waals surface area contributed by atoms with Gasteiger partial charge in [0.25, 0.3) is 0 Å². The van der Waals surface area contributed by atoms with E-state index in [0.29, 0.717) is 22.4 Å². The molecule has 0 spiro atoms. The van der Waals surface area contributed by atoms with E-state index in [1.165, 1.54) is 24.3 Å². The molecule has 2 rings (SSSR count). The summed E-state index contributed by atoms with van der Waals surface area (Å²) in [7, 11) is 0. The Labute approximate surface area is 165 Å². The first-order valence-electron chi connectivity index (χ1n) is 7.89. The van der Waals surface area contributed by atoms with E-state index in [2.05, 4.69) is 5.16 Å². The maximum atomic E-state index is 13.5. The van der Waals surface area contributed by atoms with E-state index in [0.717, 1.165) is 0 Å². The molecule has 2 aromatic rings. The second kappa shape index (κ2) is 9.94. The minimum atomic E-state index is -1.23. The van der Waals surface area contributed by atoms with Crippen LogP contribution in [0.3, 0.4) is 0 Å². The lowest BCUT2D eigenvalue weighted by molar-refractivity contribution is -0.129. The molecule has 5 nitrogen and oxygen atoms in total. The first-order valence-corrected chi connectivity index (χ1v) is 8.64. The number of benzene rings is 2. The van der Waals surface area contributed by atoms with Gasteiger partial charge in [0, 0.05) is 11.1 Å². The summed E-state index contributed by atoms with van der Waals surface area (Å²) in [6.07, 6.45) is 1.35. The van der Waals surface area contributed by atoms with Crippen molar-refractivity contribution in [1.82, 2.24) is 0 Å². The third kappa shape index (κ3) is 5.98. The van der Waals surface area contributed by atoms with Gasteiger partial charge in [0.2, 0.25) is 0 Å². The molecule has 0 atom stereocenters. The molecule has 0 unspecified atom stereocenters. The van der Waals surface area contributed by atoms with Crippen LogP contribution in [0.2, 0.25) is 0 Å². The number of carbonyl (C=O) groups is 1. The van der Waals surface area contributed by atoms with Crippen LogP contribution in [-0.4, -0.2) is 23.4 Å². The van der Waals surface area contributed by atoms with Crippen molar-refractivity contribution < 1.29 is 23.9 Å². The lowest BCUT2D eigenvalue weighted by Crippen LogP contribution is -2.18. The number of carboxylic acids is 1. The number of hydrogen-bond donors (Lipinski definition) is 1. The highest BCUT2D eigenvalue weighted by atomic mass is 35.5. The third-order valence-electron chi connectivity index (χ3n) is 3.38. The molecule has 0 bridgehead atoms. The van der Waals surface area contributed by atoms with Crippen LogP contribution in [0.25, 0.3) is 6.08 Å². The van der Waals surface area contributed by atoms with E-state index in [1.807, 2.05) is 0 Å². The van der Waals surface area contributed by atoms with Crippen molar-refractivity contribution in [3.05, 3.63) is 69.5 Å². The normalized spacial score (nSPS) is 11.0. The lowest BCUT2D eigenvalue weighted by atomic mass is 10.0. The number of rotatable bonds is 8. The third-order valence-corrected chi connectivity index (χ3v) is 3.60. The van der Waals surface area contributed by atoms with Crippen LogP contribution in [-0.2, 0) is 16.2 Å². The molecule has 2 aromatic carbocycles. The molecule has 0 fully saturated rings. The van der Waals surface area contributed by atoms with Crippen molar-refractivity contribution in [3.8, 4) is 5.75 Å². The Kier molecular flexibility index (Phi) is 7.64. The summed E-state index contributed by atoms with van der Waals surface area (Å²) in [6.45, 7) is 1.95. The quantitative estimate of drug-likeness (QED) is 0.489. The van der Waals surface area contributed by atoms with Crippen LogP contribution in [0.1, 0.15) is 23.6 Å². The predicted molar refractivity (Wildman–Crippen MR) is 103 cm³/mol. The average Bonchev–Trinajstić information content (AvgIpc) is 2.61. The van der Waals surface area contributed by atoms with Crippen LogP contribution in [0.5, 0.6) is 5.75 Å². The smallest absolute Gasteiger partial charge is 0.358 e. The van der Waals surface area contributed by atoms with Gasteiger partial charge in [-0.3, -0.25) is 0 Å². The van der Waals surface area contributed by atoms with Gasteiger partial charge in [-0.2, -0.15) is 0 Å². The molecule has 0 aliphatic carbocycles. The van der Waals surface area contributed by atoms with Gasteiger partial charge >= 0.3 is 5.97 Å². The zero-order valence-corrected chi connectivity index (χ0v) is 15.8. The van der Waals surface area contributed by atoms with Crippen molar-refractivity contribution in [2.45, 2.75) is 13.5 Å². The lowest BCUT2D eigenvalue weighted by Gasteiger charge is -2.13. The molecule has 0 aliphatic heterocycles. The molecular weight excluding hydrogens is 396 g/mol. The molecule has 27 heavy (non-hydrogen) atoms. The fraction of sp³-hybridized carbons (Fsp3) is 0.158. The number of aliphatic carboxylic acids is 1. The Hall–Kier alpha value is -2.57.